The third-order valence-electron chi connectivity index (χ3n) is 5.09. The number of benzene rings is 2. The molecule has 1 fully saturated rings. The van der Waals surface area contributed by atoms with Gasteiger partial charge in [0.1, 0.15) is 0 Å². The van der Waals surface area contributed by atoms with Crippen molar-refractivity contribution in [1.29, 1.82) is 0 Å². The second kappa shape index (κ2) is 6.62. The minimum atomic E-state index is -3.77. The van der Waals surface area contributed by atoms with Gasteiger partial charge in [-0.05, 0) is 38.8 Å². The Hall–Kier alpha value is -2.44. The quantitative estimate of drug-likeness (QED) is 0.681. The highest BCUT2D eigenvalue weighted by Gasteiger charge is 2.37. The zero-order valence-electron chi connectivity index (χ0n) is 15.4. The molecule has 0 amide bonds. The number of aryl methyl sites for hydroxylation is 1. The first kappa shape index (κ1) is 17.9. The zero-order chi connectivity index (χ0) is 19.1. The summed E-state index contributed by atoms with van der Waals surface area (Å²) < 4.78 is 33.3. The summed E-state index contributed by atoms with van der Waals surface area (Å²) in [5, 5.41) is 4.49. The lowest BCUT2D eigenvalue weighted by molar-refractivity contribution is 0.0173. The van der Waals surface area contributed by atoms with E-state index in [-0.39, 0.29) is 4.90 Å². The molecular formula is C21H22N2O3S. The first-order chi connectivity index (χ1) is 12.9. The predicted octanol–water partition coefficient (Wildman–Crippen LogP) is 4.12. The lowest BCUT2D eigenvalue weighted by Gasteiger charge is -2.23. The van der Waals surface area contributed by atoms with Gasteiger partial charge in [0.25, 0.3) is 10.0 Å². The highest BCUT2D eigenvalue weighted by molar-refractivity contribution is 7.89. The summed E-state index contributed by atoms with van der Waals surface area (Å²) in [6, 6.07) is 16.4. The predicted molar refractivity (Wildman–Crippen MR) is 104 cm³/mol. The van der Waals surface area contributed by atoms with Crippen LogP contribution in [0.5, 0.6) is 0 Å². The molecule has 27 heavy (non-hydrogen) atoms. The van der Waals surface area contributed by atoms with Crippen molar-refractivity contribution in [2.75, 3.05) is 6.61 Å². The molecular weight excluding hydrogens is 360 g/mol. The maximum atomic E-state index is 13.1. The molecule has 0 spiro atoms. The van der Waals surface area contributed by atoms with Gasteiger partial charge in [0.05, 0.1) is 16.2 Å². The molecule has 0 aliphatic carbocycles. The van der Waals surface area contributed by atoms with E-state index in [0.29, 0.717) is 12.3 Å². The number of nitrogens with zero attached hydrogens (tertiary/aromatic N) is 2. The average molecular weight is 382 g/mol. The van der Waals surface area contributed by atoms with Crippen LogP contribution < -0.4 is 0 Å². The number of hydrogen-bond acceptors (Lipinski definition) is 4. The van der Waals surface area contributed by atoms with E-state index in [1.165, 1.54) is 0 Å². The Morgan fingerprint density at radius 2 is 1.78 bits per heavy atom. The van der Waals surface area contributed by atoms with Crippen molar-refractivity contribution in [3.63, 3.8) is 0 Å². The van der Waals surface area contributed by atoms with Gasteiger partial charge >= 0.3 is 0 Å². The molecule has 3 aromatic rings. The van der Waals surface area contributed by atoms with Gasteiger partial charge in [-0.3, -0.25) is 0 Å². The van der Waals surface area contributed by atoms with Crippen LogP contribution in [0.2, 0.25) is 0 Å². The largest absolute Gasteiger partial charge is 0.370 e. The fourth-order valence-electron chi connectivity index (χ4n) is 3.48. The van der Waals surface area contributed by atoms with Crippen molar-refractivity contribution in [2.45, 2.75) is 37.2 Å². The van der Waals surface area contributed by atoms with E-state index in [1.807, 2.05) is 44.2 Å². The van der Waals surface area contributed by atoms with Crippen LogP contribution >= 0.6 is 0 Å². The van der Waals surface area contributed by atoms with Crippen molar-refractivity contribution < 1.29 is 13.2 Å². The van der Waals surface area contributed by atoms with Crippen LogP contribution in [0, 0.1) is 6.92 Å². The molecule has 1 saturated heterocycles. The van der Waals surface area contributed by atoms with Crippen molar-refractivity contribution in [3.8, 4) is 11.3 Å². The molecule has 1 aromatic heterocycles. The van der Waals surface area contributed by atoms with Gasteiger partial charge in [0.15, 0.2) is 0 Å². The molecule has 5 nitrogen and oxygen atoms in total. The Kier molecular flexibility index (Phi) is 4.40. The third-order valence-corrected chi connectivity index (χ3v) is 6.64. The molecule has 1 aliphatic rings. The van der Waals surface area contributed by atoms with Crippen LogP contribution in [0.1, 0.15) is 30.9 Å². The van der Waals surface area contributed by atoms with Crippen LogP contribution in [0.15, 0.2) is 65.7 Å². The average Bonchev–Trinajstić information content (AvgIpc) is 3.31. The molecule has 0 bridgehead atoms. The lowest BCUT2D eigenvalue weighted by Crippen LogP contribution is -2.20. The van der Waals surface area contributed by atoms with E-state index in [0.717, 1.165) is 33.6 Å². The van der Waals surface area contributed by atoms with E-state index in [1.54, 1.807) is 30.5 Å². The number of hydrogen-bond donors (Lipinski definition) is 0. The fourth-order valence-corrected chi connectivity index (χ4v) is 4.61. The number of ether oxygens (including phenoxy) is 1. The fraction of sp³-hybridized carbons (Fsp3) is 0.286. The first-order valence-corrected chi connectivity index (χ1v) is 10.5. The SMILES string of the molecule is Cc1ccc(S(=O)(=O)n2cc([C@@]3(C)CCCO3)c(-c3ccccc3)n2)cc1. The van der Waals surface area contributed by atoms with E-state index in [9.17, 15) is 8.42 Å². The van der Waals surface area contributed by atoms with Crippen LogP contribution in [-0.4, -0.2) is 24.2 Å². The molecule has 4 rings (SSSR count). The molecule has 6 heteroatoms. The molecule has 2 heterocycles. The van der Waals surface area contributed by atoms with Crippen LogP contribution in [-0.2, 0) is 20.4 Å². The molecule has 2 aromatic carbocycles. The summed E-state index contributed by atoms with van der Waals surface area (Å²) in [5.41, 5.74) is 2.80. The lowest BCUT2D eigenvalue weighted by atomic mass is 9.91. The summed E-state index contributed by atoms with van der Waals surface area (Å²) in [6.45, 7) is 4.60. The zero-order valence-corrected chi connectivity index (χ0v) is 16.2. The molecule has 0 radical (unpaired) electrons. The van der Waals surface area contributed by atoms with Gasteiger partial charge in [0.2, 0.25) is 0 Å². The second-order valence-electron chi connectivity index (χ2n) is 7.13. The molecule has 140 valence electrons. The normalized spacial score (nSPS) is 20.1. The van der Waals surface area contributed by atoms with Crippen LogP contribution in [0.4, 0.5) is 0 Å². The Morgan fingerprint density at radius 3 is 2.41 bits per heavy atom. The van der Waals surface area contributed by atoms with Crippen molar-refractivity contribution >= 4 is 10.0 Å². The molecule has 1 atom stereocenters. The van der Waals surface area contributed by atoms with Crippen LogP contribution in [0.25, 0.3) is 11.3 Å². The maximum absolute atomic E-state index is 13.1. The minimum absolute atomic E-state index is 0.222. The highest BCUT2D eigenvalue weighted by Crippen LogP contribution is 2.40. The maximum Gasteiger partial charge on any atom is 0.282 e. The van der Waals surface area contributed by atoms with Crippen molar-refractivity contribution in [1.82, 2.24) is 9.19 Å². The Morgan fingerprint density at radius 1 is 1.07 bits per heavy atom. The smallest absolute Gasteiger partial charge is 0.282 e. The van der Waals surface area contributed by atoms with Gasteiger partial charge in [-0.2, -0.15) is 17.6 Å². The summed E-state index contributed by atoms with van der Waals surface area (Å²) in [7, 11) is -3.77. The minimum Gasteiger partial charge on any atom is -0.370 e. The van der Waals surface area contributed by atoms with Gasteiger partial charge in [0, 0.05) is 23.9 Å². The van der Waals surface area contributed by atoms with Gasteiger partial charge in [-0.15, -0.1) is 0 Å². The monoisotopic (exact) mass is 382 g/mol. The van der Waals surface area contributed by atoms with Gasteiger partial charge in [-0.25, -0.2) is 0 Å². The highest BCUT2D eigenvalue weighted by atomic mass is 32.2. The number of aromatic nitrogens is 2. The Bertz CT molecular complexity index is 1050. The molecule has 0 unspecified atom stereocenters. The van der Waals surface area contributed by atoms with Gasteiger partial charge < -0.3 is 4.74 Å². The standard InChI is InChI=1S/C21H22N2O3S/c1-16-9-11-18(12-10-16)27(24,25)23-15-19(21(2)13-6-14-26-21)20(22-23)17-7-4-3-5-8-17/h3-5,7-12,15H,6,13-14H2,1-2H3/t21-/m1/s1. The summed E-state index contributed by atoms with van der Waals surface area (Å²) in [4.78, 5) is 0.222. The van der Waals surface area contributed by atoms with E-state index < -0.39 is 15.6 Å². The Balaban J connectivity index is 1.88. The van der Waals surface area contributed by atoms with E-state index in [4.69, 9.17) is 4.74 Å². The second-order valence-corrected chi connectivity index (χ2v) is 8.93. The van der Waals surface area contributed by atoms with E-state index >= 15 is 0 Å². The topological polar surface area (TPSA) is 61.2 Å². The van der Waals surface area contributed by atoms with Crippen molar-refractivity contribution in [2.24, 2.45) is 0 Å². The summed E-state index contributed by atoms with van der Waals surface area (Å²) >= 11 is 0. The summed E-state index contributed by atoms with van der Waals surface area (Å²) in [5.74, 6) is 0. The van der Waals surface area contributed by atoms with Gasteiger partial charge in [-0.1, -0.05) is 48.0 Å². The Labute approximate surface area is 159 Å². The molecule has 0 saturated carbocycles. The number of rotatable bonds is 4. The third kappa shape index (κ3) is 3.19. The first-order valence-electron chi connectivity index (χ1n) is 9.02. The molecule has 1 aliphatic heterocycles. The summed E-state index contributed by atoms with van der Waals surface area (Å²) in [6.07, 6.45) is 3.40. The van der Waals surface area contributed by atoms with Crippen LogP contribution in [0.3, 0.4) is 0 Å². The van der Waals surface area contributed by atoms with E-state index in [2.05, 4.69) is 5.10 Å². The molecule has 0 N–H and O–H groups in total. The van der Waals surface area contributed by atoms with Crippen molar-refractivity contribution in [3.05, 3.63) is 71.9 Å².